The number of benzene rings is 3. The summed E-state index contributed by atoms with van der Waals surface area (Å²) in [7, 11) is 1.88. The quantitative estimate of drug-likeness (QED) is 0.471. The van der Waals surface area contributed by atoms with Crippen LogP contribution in [0.25, 0.3) is 11.1 Å². The number of alkyl carbamates (subject to hydrolysis) is 1. The van der Waals surface area contributed by atoms with Gasteiger partial charge in [-0.3, -0.25) is 0 Å². The van der Waals surface area contributed by atoms with Gasteiger partial charge in [0.1, 0.15) is 6.61 Å². The first kappa shape index (κ1) is 19.6. The highest BCUT2D eigenvalue weighted by atomic mass is 16.5. The van der Waals surface area contributed by atoms with Crippen molar-refractivity contribution in [1.82, 2.24) is 5.32 Å². The third-order valence-corrected chi connectivity index (χ3v) is 5.27. The fourth-order valence-corrected chi connectivity index (χ4v) is 3.76. The third kappa shape index (κ3) is 4.31. The van der Waals surface area contributed by atoms with Gasteiger partial charge in [0.15, 0.2) is 0 Å². The number of carbonyl (C=O) groups is 1. The molecule has 1 aliphatic carbocycles. The maximum atomic E-state index is 12.1. The van der Waals surface area contributed by atoms with Crippen LogP contribution < -0.4 is 10.6 Å². The fourth-order valence-electron chi connectivity index (χ4n) is 3.76. The van der Waals surface area contributed by atoms with Crippen LogP contribution in [-0.4, -0.2) is 26.3 Å². The molecule has 0 saturated heterocycles. The molecule has 0 atom stereocenters. The molecule has 4 heteroatoms. The molecule has 0 spiro atoms. The van der Waals surface area contributed by atoms with Gasteiger partial charge in [0.05, 0.1) is 0 Å². The number of hydrogen-bond donors (Lipinski definition) is 2. The molecule has 0 aliphatic heterocycles. The molecular weight excluding hydrogens is 372 g/mol. The summed E-state index contributed by atoms with van der Waals surface area (Å²) in [4.78, 5) is 12.1. The summed E-state index contributed by atoms with van der Waals surface area (Å²) in [6.07, 6.45) is 0.162. The monoisotopic (exact) mass is 396 g/mol. The molecule has 0 saturated carbocycles. The molecule has 0 aromatic heterocycles. The summed E-state index contributed by atoms with van der Waals surface area (Å²) in [6, 6.07) is 24.5. The van der Waals surface area contributed by atoms with E-state index in [1.807, 2.05) is 55.6 Å². The maximum absolute atomic E-state index is 12.1. The average Bonchev–Trinajstić information content (AvgIpc) is 3.12. The van der Waals surface area contributed by atoms with E-state index in [9.17, 15) is 4.79 Å². The minimum atomic E-state index is -0.406. The molecular formula is C26H24N2O2. The lowest BCUT2D eigenvalue weighted by Gasteiger charge is -2.14. The lowest BCUT2D eigenvalue weighted by atomic mass is 9.98. The Kier molecular flexibility index (Phi) is 6.01. The summed E-state index contributed by atoms with van der Waals surface area (Å²) >= 11 is 0. The molecule has 0 unspecified atom stereocenters. The largest absolute Gasteiger partial charge is 0.449 e. The normalized spacial score (nSPS) is 11.6. The second-order valence-electron chi connectivity index (χ2n) is 7.13. The Balaban J connectivity index is 1.27. The van der Waals surface area contributed by atoms with Crippen LogP contribution in [0.5, 0.6) is 0 Å². The Morgan fingerprint density at radius 2 is 1.57 bits per heavy atom. The van der Waals surface area contributed by atoms with E-state index in [0.29, 0.717) is 19.6 Å². The van der Waals surface area contributed by atoms with Crippen LogP contribution in [0.4, 0.5) is 10.5 Å². The summed E-state index contributed by atoms with van der Waals surface area (Å²) in [5.41, 5.74) is 6.87. The van der Waals surface area contributed by atoms with Crippen molar-refractivity contribution in [2.45, 2.75) is 12.3 Å². The number of fused-ring (bicyclic) bond motifs is 3. The van der Waals surface area contributed by atoms with Crippen LogP contribution >= 0.6 is 0 Å². The van der Waals surface area contributed by atoms with Crippen LogP contribution in [0.15, 0.2) is 72.8 Å². The van der Waals surface area contributed by atoms with Crippen molar-refractivity contribution >= 4 is 11.8 Å². The Morgan fingerprint density at radius 1 is 0.933 bits per heavy atom. The molecule has 1 aliphatic rings. The number of anilines is 1. The van der Waals surface area contributed by atoms with Crippen LogP contribution in [0.3, 0.4) is 0 Å². The zero-order valence-electron chi connectivity index (χ0n) is 16.9. The predicted molar refractivity (Wildman–Crippen MR) is 121 cm³/mol. The molecule has 0 heterocycles. The molecule has 3 aromatic carbocycles. The van der Waals surface area contributed by atoms with Gasteiger partial charge >= 0.3 is 6.09 Å². The van der Waals surface area contributed by atoms with Gasteiger partial charge in [-0.15, -0.1) is 0 Å². The Labute approximate surface area is 177 Å². The molecule has 2 N–H and O–H groups in total. The maximum Gasteiger partial charge on any atom is 0.407 e. The summed E-state index contributed by atoms with van der Waals surface area (Å²) in [6.45, 7) is 0.779. The van der Waals surface area contributed by atoms with E-state index < -0.39 is 6.09 Å². The van der Waals surface area contributed by atoms with Gasteiger partial charge in [-0.2, -0.15) is 0 Å². The van der Waals surface area contributed by atoms with Crippen molar-refractivity contribution < 1.29 is 9.53 Å². The van der Waals surface area contributed by atoms with Crippen LogP contribution in [0, 0.1) is 11.8 Å². The van der Waals surface area contributed by atoms with Crippen molar-refractivity contribution in [3.05, 3.63) is 89.5 Å². The van der Waals surface area contributed by atoms with Crippen molar-refractivity contribution in [2.75, 3.05) is 25.5 Å². The second-order valence-corrected chi connectivity index (χ2v) is 7.13. The van der Waals surface area contributed by atoms with Gasteiger partial charge in [0.2, 0.25) is 0 Å². The van der Waals surface area contributed by atoms with Gasteiger partial charge < -0.3 is 15.4 Å². The number of hydrogen-bond acceptors (Lipinski definition) is 3. The first-order valence-corrected chi connectivity index (χ1v) is 10.1. The predicted octanol–water partition coefficient (Wildman–Crippen LogP) is 5.01. The molecule has 30 heavy (non-hydrogen) atoms. The number of carbonyl (C=O) groups excluding carboxylic acids is 1. The lowest BCUT2D eigenvalue weighted by molar-refractivity contribution is 0.143. The zero-order chi connectivity index (χ0) is 20.8. The molecule has 3 aromatic rings. The van der Waals surface area contributed by atoms with E-state index in [1.165, 1.54) is 22.3 Å². The van der Waals surface area contributed by atoms with Gasteiger partial charge in [-0.1, -0.05) is 60.4 Å². The van der Waals surface area contributed by atoms with E-state index in [-0.39, 0.29) is 5.92 Å². The van der Waals surface area contributed by atoms with E-state index >= 15 is 0 Å². The van der Waals surface area contributed by atoms with Crippen molar-refractivity contribution in [1.29, 1.82) is 0 Å². The number of ether oxygens (including phenoxy) is 1. The van der Waals surface area contributed by atoms with Gasteiger partial charge in [-0.25, -0.2) is 4.79 Å². The highest BCUT2D eigenvalue weighted by Crippen LogP contribution is 2.44. The van der Waals surface area contributed by atoms with E-state index in [2.05, 4.69) is 46.7 Å². The highest BCUT2D eigenvalue weighted by molar-refractivity contribution is 5.79. The van der Waals surface area contributed by atoms with Gasteiger partial charge in [-0.05, 0) is 46.5 Å². The standard InChI is InChI=1S/C26H24N2O2/c1-27-20-15-13-19(14-16-20)8-6-7-17-28-26(29)30-18-25-23-11-4-2-9-21(23)22-10-3-5-12-24(22)25/h2-5,9-16,25,27H,7,17-18H2,1H3,(H,28,29). The van der Waals surface area contributed by atoms with E-state index in [1.54, 1.807) is 0 Å². The minimum Gasteiger partial charge on any atom is -0.449 e. The Bertz CT molecular complexity index is 1050. The molecule has 0 bridgehead atoms. The average molecular weight is 396 g/mol. The van der Waals surface area contributed by atoms with Crippen LogP contribution in [-0.2, 0) is 4.74 Å². The van der Waals surface area contributed by atoms with Crippen molar-refractivity contribution in [3.63, 3.8) is 0 Å². The van der Waals surface area contributed by atoms with Gasteiger partial charge in [0, 0.05) is 37.2 Å². The van der Waals surface area contributed by atoms with Crippen LogP contribution in [0.2, 0.25) is 0 Å². The lowest BCUT2D eigenvalue weighted by Crippen LogP contribution is -2.26. The fraction of sp³-hybridized carbons (Fsp3) is 0.192. The van der Waals surface area contributed by atoms with Gasteiger partial charge in [0.25, 0.3) is 0 Å². The summed E-state index contributed by atoms with van der Waals surface area (Å²) in [5.74, 6) is 6.25. The smallest absolute Gasteiger partial charge is 0.407 e. The Hall–Kier alpha value is -3.71. The topological polar surface area (TPSA) is 50.4 Å². The van der Waals surface area contributed by atoms with Crippen molar-refractivity contribution in [2.24, 2.45) is 0 Å². The summed E-state index contributed by atoms with van der Waals surface area (Å²) in [5, 5.41) is 5.86. The van der Waals surface area contributed by atoms with E-state index in [0.717, 1.165) is 11.3 Å². The highest BCUT2D eigenvalue weighted by Gasteiger charge is 2.28. The third-order valence-electron chi connectivity index (χ3n) is 5.27. The second kappa shape index (κ2) is 9.19. The number of rotatable bonds is 5. The molecule has 0 radical (unpaired) electrons. The molecule has 4 nitrogen and oxygen atoms in total. The van der Waals surface area contributed by atoms with Crippen molar-refractivity contribution in [3.8, 4) is 23.0 Å². The Morgan fingerprint density at radius 3 is 2.20 bits per heavy atom. The molecule has 4 rings (SSSR count). The molecule has 150 valence electrons. The number of amides is 1. The first-order valence-electron chi connectivity index (χ1n) is 10.1. The van der Waals surface area contributed by atoms with Crippen LogP contribution in [0.1, 0.15) is 29.0 Å². The van der Waals surface area contributed by atoms with E-state index in [4.69, 9.17) is 4.74 Å². The molecule has 0 fully saturated rings. The zero-order valence-corrected chi connectivity index (χ0v) is 16.9. The molecule has 1 amide bonds. The number of nitrogens with one attached hydrogen (secondary N) is 2. The minimum absolute atomic E-state index is 0.0727. The SMILES string of the molecule is CNc1ccc(C#CCCNC(=O)OCC2c3ccccc3-c3ccccc32)cc1. The first-order chi connectivity index (χ1) is 14.8. The summed E-state index contributed by atoms with van der Waals surface area (Å²) < 4.78 is 5.52.